The SMILES string of the molecule is CN1CCc2nc(C3CCN(C(=O)C4CC(=O)OC4(C)C)CC3)ncc2C1. The first kappa shape index (κ1) is 18.3. The van der Waals surface area contributed by atoms with Crippen LogP contribution in [0.1, 0.15) is 56.1 Å². The van der Waals surface area contributed by atoms with Gasteiger partial charge in [0.1, 0.15) is 11.4 Å². The van der Waals surface area contributed by atoms with E-state index in [-0.39, 0.29) is 24.2 Å². The lowest BCUT2D eigenvalue weighted by Gasteiger charge is -2.35. The van der Waals surface area contributed by atoms with Gasteiger partial charge >= 0.3 is 5.97 Å². The lowest BCUT2D eigenvalue weighted by atomic mass is 9.88. The molecule has 0 radical (unpaired) electrons. The number of fused-ring (bicyclic) bond motifs is 1. The highest BCUT2D eigenvalue weighted by atomic mass is 16.6. The van der Waals surface area contributed by atoms with Gasteiger partial charge in [-0.1, -0.05) is 0 Å². The Morgan fingerprint density at radius 3 is 2.67 bits per heavy atom. The molecular weight excluding hydrogens is 344 g/mol. The van der Waals surface area contributed by atoms with Crippen LogP contribution in [0, 0.1) is 5.92 Å². The molecule has 3 aliphatic heterocycles. The van der Waals surface area contributed by atoms with E-state index in [0.29, 0.717) is 19.0 Å². The lowest BCUT2D eigenvalue weighted by Crippen LogP contribution is -2.46. The number of hydrogen-bond acceptors (Lipinski definition) is 6. The maximum absolute atomic E-state index is 12.9. The maximum atomic E-state index is 12.9. The van der Waals surface area contributed by atoms with Gasteiger partial charge in [0, 0.05) is 56.0 Å². The molecule has 1 unspecified atom stereocenters. The van der Waals surface area contributed by atoms with Crippen molar-refractivity contribution in [2.75, 3.05) is 26.7 Å². The number of nitrogens with zero attached hydrogens (tertiary/aromatic N) is 4. The monoisotopic (exact) mass is 372 g/mol. The van der Waals surface area contributed by atoms with Gasteiger partial charge in [-0.2, -0.15) is 0 Å². The number of hydrogen-bond donors (Lipinski definition) is 0. The summed E-state index contributed by atoms with van der Waals surface area (Å²) in [7, 11) is 2.12. The molecule has 0 bridgehead atoms. The molecule has 2 saturated heterocycles. The molecule has 4 rings (SSSR count). The van der Waals surface area contributed by atoms with E-state index in [1.54, 1.807) is 0 Å². The maximum Gasteiger partial charge on any atom is 0.307 e. The summed E-state index contributed by atoms with van der Waals surface area (Å²) in [6, 6.07) is 0. The highest BCUT2D eigenvalue weighted by Gasteiger charge is 2.47. The third-order valence-corrected chi connectivity index (χ3v) is 6.20. The van der Waals surface area contributed by atoms with Crippen LogP contribution in [0.2, 0.25) is 0 Å². The smallest absolute Gasteiger partial charge is 0.307 e. The summed E-state index contributed by atoms with van der Waals surface area (Å²) >= 11 is 0. The van der Waals surface area contributed by atoms with Crippen LogP contribution in [-0.4, -0.2) is 63.9 Å². The molecule has 0 aliphatic carbocycles. The lowest BCUT2D eigenvalue weighted by molar-refractivity contribution is -0.149. The van der Waals surface area contributed by atoms with E-state index in [0.717, 1.165) is 38.2 Å². The number of carbonyl (C=O) groups excluding carboxylic acids is 2. The minimum atomic E-state index is -0.709. The highest BCUT2D eigenvalue weighted by Crippen LogP contribution is 2.35. The summed E-state index contributed by atoms with van der Waals surface area (Å²) in [5.41, 5.74) is 1.70. The van der Waals surface area contributed by atoms with E-state index in [1.807, 2.05) is 24.9 Å². The molecule has 1 aromatic heterocycles. The van der Waals surface area contributed by atoms with Crippen molar-refractivity contribution in [3.63, 3.8) is 0 Å². The van der Waals surface area contributed by atoms with E-state index in [4.69, 9.17) is 9.72 Å². The number of amides is 1. The first-order valence-electron chi connectivity index (χ1n) is 9.87. The van der Waals surface area contributed by atoms with E-state index >= 15 is 0 Å². The first-order valence-corrected chi connectivity index (χ1v) is 9.87. The highest BCUT2D eigenvalue weighted by molar-refractivity contribution is 5.87. The molecule has 0 aromatic carbocycles. The van der Waals surface area contributed by atoms with Crippen LogP contribution < -0.4 is 0 Å². The molecule has 3 aliphatic rings. The fourth-order valence-corrected chi connectivity index (χ4v) is 4.45. The molecule has 1 aromatic rings. The predicted octanol–water partition coefficient (Wildman–Crippen LogP) is 1.51. The number of rotatable bonds is 2. The van der Waals surface area contributed by atoms with Gasteiger partial charge < -0.3 is 14.5 Å². The van der Waals surface area contributed by atoms with Gasteiger partial charge in [-0.3, -0.25) is 9.59 Å². The Kier molecular flexibility index (Phi) is 4.66. The Bertz CT molecular complexity index is 756. The molecule has 0 spiro atoms. The van der Waals surface area contributed by atoms with Crippen molar-refractivity contribution in [3.05, 3.63) is 23.3 Å². The molecule has 1 atom stereocenters. The molecule has 0 saturated carbocycles. The summed E-state index contributed by atoms with van der Waals surface area (Å²) in [5, 5.41) is 0. The van der Waals surface area contributed by atoms with Gasteiger partial charge in [0.15, 0.2) is 0 Å². The topological polar surface area (TPSA) is 75.6 Å². The van der Waals surface area contributed by atoms with Gasteiger partial charge in [0.05, 0.1) is 12.3 Å². The number of piperidine rings is 1. The van der Waals surface area contributed by atoms with E-state index in [2.05, 4.69) is 16.9 Å². The van der Waals surface area contributed by atoms with E-state index in [9.17, 15) is 9.59 Å². The molecule has 4 heterocycles. The normalized spacial score (nSPS) is 26.0. The summed E-state index contributed by atoms with van der Waals surface area (Å²) in [6.07, 6.45) is 4.88. The van der Waals surface area contributed by atoms with E-state index in [1.165, 1.54) is 11.3 Å². The van der Waals surface area contributed by atoms with Crippen molar-refractivity contribution in [1.82, 2.24) is 19.8 Å². The number of ether oxygens (including phenoxy) is 1. The zero-order valence-corrected chi connectivity index (χ0v) is 16.4. The van der Waals surface area contributed by atoms with Gasteiger partial charge in [-0.15, -0.1) is 0 Å². The molecular formula is C20H28N4O3. The number of esters is 1. The van der Waals surface area contributed by atoms with Gasteiger partial charge in [0.25, 0.3) is 0 Å². The zero-order valence-electron chi connectivity index (χ0n) is 16.4. The van der Waals surface area contributed by atoms with Gasteiger partial charge in [0.2, 0.25) is 5.91 Å². The number of carbonyl (C=O) groups is 2. The second-order valence-electron chi connectivity index (χ2n) is 8.62. The standard InChI is InChI=1S/C20H28N4O3/c1-20(2)15(10-17(25)27-20)19(26)24-8-4-13(5-9-24)18-21-11-14-12-23(3)7-6-16(14)22-18/h11,13,15H,4-10,12H2,1-3H3. The molecule has 0 N–H and O–H groups in total. The second-order valence-corrected chi connectivity index (χ2v) is 8.62. The minimum absolute atomic E-state index is 0.0405. The summed E-state index contributed by atoms with van der Waals surface area (Å²) < 4.78 is 5.31. The number of likely N-dealkylation sites (tertiary alicyclic amines) is 1. The van der Waals surface area contributed by atoms with Crippen molar-refractivity contribution in [3.8, 4) is 0 Å². The molecule has 7 heteroatoms. The first-order chi connectivity index (χ1) is 12.8. The fraction of sp³-hybridized carbons (Fsp3) is 0.700. The number of aromatic nitrogens is 2. The zero-order chi connectivity index (χ0) is 19.2. The van der Waals surface area contributed by atoms with Crippen LogP contribution in [0.3, 0.4) is 0 Å². The number of cyclic esters (lactones) is 1. The molecule has 146 valence electrons. The largest absolute Gasteiger partial charge is 0.459 e. The third-order valence-electron chi connectivity index (χ3n) is 6.20. The van der Waals surface area contributed by atoms with Crippen LogP contribution in [0.25, 0.3) is 0 Å². The van der Waals surface area contributed by atoms with Crippen LogP contribution >= 0.6 is 0 Å². The molecule has 2 fully saturated rings. The predicted molar refractivity (Wildman–Crippen MR) is 98.9 cm³/mol. The van der Waals surface area contributed by atoms with Crippen LogP contribution in [0.4, 0.5) is 0 Å². The minimum Gasteiger partial charge on any atom is -0.459 e. The summed E-state index contributed by atoms with van der Waals surface area (Å²) in [4.78, 5) is 38.1. The average Bonchev–Trinajstić information content (AvgIpc) is 2.93. The number of likely N-dealkylation sites (N-methyl/N-ethyl adjacent to an activating group) is 1. The van der Waals surface area contributed by atoms with Crippen molar-refractivity contribution >= 4 is 11.9 Å². The summed E-state index contributed by atoms with van der Waals surface area (Å²) in [5.74, 6) is 0.608. The van der Waals surface area contributed by atoms with Gasteiger partial charge in [-0.05, 0) is 33.7 Å². The molecule has 1 amide bonds. The van der Waals surface area contributed by atoms with Crippen molar-refractivity contribution in [2.45, 2.75) is 57.6 Å². The Labute approximate surface area is 160 Å². The second kappa shape index (κ2) is 6.86. The van der Waals surface area contributed by atoms with Crippen molar-refractivity contribution in [2.24, 2.45) is 5.92 Å². The van der Waals surface area contributed by atoms with Gasteiger partial charge in [-0.25, -0.2) is 9.97 Å². The van der Waals surface area contributed by atoms with Crippen molar-refractivity contribution < 1.29 is 14.3 Å². The van der Waals surface area contributed by atoms with Crippen molar-refractivity contribution in [1.29, 1.82) is 0 Å². The van der Waals surface area contributed by atoms with E-state index < -0.39 is 5.60 Å². The average molecular weight is 372 g/mol. The summed E-state index contributed by atoms with van der Waals surface area (Å²) in [6.45, 7) is 6.98. The van der Waals surface area contributed by atoms with Crippen LogP contribution in [0.15, 0.2) is 6.20 Å². The Morgan fingerprint density at radius 2 is 2.00 bits per heavy atom. The fourth-order valence-electron chi connectivity index (χ4n) is 4.45. The Morgan fingerprint density at radius 1 is 1.26 bits per heavy atom. The Balaban J connectivity index is 1.39. The Hall–Kier alpha value is -2.02. The quantitative estimate of drug-likeness (QED) is 0.733. The molecule has 7 nitrogen and oxygen atoms in total. The third kappa shape index (κ3) is 3.57. The van der Waals surface area contributed by atoms with Crippen LogP contribution in [0.5, 0.6) is 0 Å². The van der Waals surface area contributed by atoms with Crippen LogP contribution in [-0.2, 0) is 27.3 Å². The molecule has 27 heavy (non-hydrogen) atoms.